The number of pyridine rings is 1. The second-order valence-corrected chi connectivity index (χ2v) is 6.54. The monoisotopic (exact) mass is 376 g/mol. The first-order chi connectivity index (χ1) is 12.6. The Morgan fingerprint density at radius 3 is 2.77 bits per heavy atom. The molecule has 3 rings (SSSR count). The van der Waals surface area contributed by atoms with Gasteiger partial charge in [-0.3, -0.25) is 4.79 Å². The van der Waals surface area contributed by atoms with E-state index in [4.69, 9.17) is 25.8 Å². The van der Waals surface area contributed by atoms with E-state index in [1.807, 2.05) is 37.2 Å². The van der Waals surface area contributed by atoms with E-state index in [0.717, 1.165) is 12.1 Å². The van der Waals surface area contributed by atoms with Gasteiger partial charge in [0.05, 0.1) is 0 Å². The van der Waals surface area contributed by atoms with Gasteiger partial charge in [-0.2, -0.15) is 0 Å². The minimum absolute atomic E-state index is 0.122. The second kappa shape index (κ2) is 8.29. The molecule has 2 aromatic rings. The Morgan fingerprint density at radius 2 is 2.12 bits per heavy atom. The highest BCUT2D eigenvalue weighted by molar-refractivity contribution is 6.31. The minimum Gasteiger partial charge on any atom is -0.492 e. The third-order valence-corrected chi connectivity index (χ3v) is 4.31. The molecule has 0 aliphatic carbocycles. The minimum atomic E-state index is -0.505. The van der Waals surface area contributed by atoms with Crippen LogP contribution in [0.25, 0.3) is 0 Å². The maximum absolute atomic E-state index is 12.7. The Morgan fingerprint density at radius 1 is 1.31 bits per heavy atom. The highest BCUT2D eigenvalue weighted by Gasteiger charge is 2.26. The maximum atomic E-state index is 12.7. The smallest absolute Gasteiger partial charge is 0.255 e. The molecule has 1 unspecified atom stereocenters. The van der Waals surface area contributed by atoms with Gasteiger partial charge in [0, 0.05) is 29.4 Å². The quantitative estimate of drug-likeness (QED) is 0.743. The predicted molar refractivity (Wildman–Crippen MR) is 99.5 cm³/mol. The molecule has 138 valence electrons. The highest BCUT2D eigenvalue weighted by Crippen LogP contribution is 2.33. The number of allylic oxidation sites excluding steroid dienone is 1. The summed E-state index contributed by atoms with van der Waals surface area (Å²) in [6, 6.07) is 10.1. The number of nitrogens with zero attached hydrogens (tertiary/aromatic N) is 2. The Bertz CT molecular complexity index is 847. The number of hydrogen-bond acceptors (Lipinski definition) is 5. The van der Waals surface area contributed by atoms with Crippen LogP contribution < -0.4 is 10.3 Å². The normalized spacial score (nSPS) is 14.5. The van der Waals surface area contributed by atoms with E-state index in [-0.39, 0.29) is 12.4 Å². The fourth-order valence-electron chi connectivity index (χ4n) is 2.65. The van der Waals surface area contributed by atoms with Crippen LogP contribution in [0.3, 0.4) is 0 Å². The molecule has 0 saturated carbocycles. The molecule has 2 heterocycles. The molecule has 0 saturated heterocycles. The summed E-state index contributed by atoms with van der Waals surface area (Å²) in [5.41, 5.74) is 0.544. The van der Waals surface area contributed by atoms with Crippen LogP contribution in [0.1, 0.15) is 11.6 Å². The molecule has 0 fully saturated rings. The Labute approximate surface area is 157 Å². The SMILES string of the molecule is CN(C)CCOc1ccn(C(C2=COCO2)c2ccccc2Cl)c(=O)c1. The molecule has 7 heteroatoms. The van der Waals surface area contributed by atoms with Crippen LogP contribution >= 0.6 is 11.6 Å². The number of ether oxygens (including phenoxy) is 3. The van der Waals surface area contributed by atoms with Crippen LogP contribution in [-0.4, -0.2) is 43.5 Å². The van der Waals surface area contributed by atoms with Gasteiger partial charge < -0.3 is 23.7 Å². The van der Waals surface area contributed by atoms with Gasteiger partial charge in [0.2, 0.25) is 6.79 Å². The molecule has 1 atom stereocenters. The van der Waals surface area contributed by atoms with E-state index in [0.29, 0.717) is 23.1 Å². The van der Waals surface area contributed by atoms with Crippen molar-refractivity contribution in [2.45, 2.75) is 6.04 Å². The highest BCUT2D eigenvalue weighted by atomic mass is 35.5. The number of hydrogen-bond donors (Lipinski definition) is 0. The van der Waals surface area contributed by atoms with Gasteiger partial charge in [0.1, 0.15) is 24.7 Å². The first-order valence-corrected chi connectivity index (χ1v) is 8.62. The predicted octanol–water partition coefficient (Wildman–Crippen LogP) is 2.88. The molecule has 0 amide bonds. The number of halogens is 1. The fraction of sp³-hybridized carbons (Fsp3) is 0.316. The summed E-state index contributed by atoms with van der Waals surface area (Å²) in [4.78, 5) is 14.7. The largest absolute Gasteiger partial charge is 0.492 e. The van der Waals surface area contributed by atoms with E-state index in [2.05, 4.69) is 0 Å². The molecular formula is C19H21ClN2O4. The molecule has 26 heavy (non-hydrogen) atoms. The Hall–Kier alpha value is -2.44. The number of aromatic nitrogens is 1. The van der Waals surface area contributed by atoms with E-state index < -0.39 is 6.04 Å². The third-order valence-electron chi connectivity index (χ3n) is 3.97. The van der Waals surface area contributed by atoms with Crippen LogP contribution in [-0.2, 0) is 9.47 Å². The van der Waals surface area contributed by atoms with Crippen molar-refractivity contribution in [1.29, 1.82) is 0 Å². The van der Waals surface area contributed by atoms with Gasteiger partial charge in [-0.1, -0.05) is 29.8 Å². The van der Waals surface area contributed by atoms with E-state index in [1.54, 1.807) is 22.9 Å². The van der Waals surface area contributed by atoms with Crippen molar-refractivity contribution in [1.82, 2.24) is 9.47 Å². The topological polar surface area (TPSA) is 52.9 Å². The van der Waals surface area contributed by atoms with Crippen LogP contribution in [0.5, 0.6) is 5.75 Å². The van der Waals surface area contributed by atoms with Gasteiger partial charge in [-0.15, -0.1) is 0 Å². The molecule has 6 nitrogen and oxygen atoms in total. The standard InChI is InChI=1S/C19H21ClN2O4/c1-21(2)9-10-25-14-7-8-22(18(23)11-14)19(17-12-24-13-26-17)15-5-3-4-6-16(15)20/h3-8,11-12,19H,9-10,13H2,1-2H3. The van der Waals surface area contributed by atoms with Crippen molar-refractivity contribution in [3.05, 3.63) is 75.6 Å². The number of rotatable bonds is 7. The zero-order valence-corrected chi connectivity index (χ0v) is 15.5. The Balaban J connectivity index is 1.92. The summed E-state index contributed by atoms with van der Waals surface area (Å²) in [7, 11) is 3.93. The van der Waals surface area contributed by atoms with Crippen molar-refractivity contribution in [2.75, 3.05) is 34.0 Å². The molecule has 1 aromatic heterocycles. The van der Waals surface area contributed by atoms with Gasteiger partial charge in [0.25, 0.3) is 5.56 Å². The van der Waals surface area contributed by atoms with E-state index >= 15 is 0 Å². The van der Waals surface area contributed by atoms with E-state index in [1.165, 1.54) is 12.3 Å². The summed E-state index contributed by atoms with van der Waals surface area (Å²) < 4.78 is 17.9. The van der Waals surface area contributed by atoms with Crippen LogP contribution in [0.4, 0.5) is 0 Å². The summed E-state index contributed by atoms with van der Waals surface area (Å²) >= 11 is 6.36. The van der Waals surface area contributed by atoms with Crippen LogP contribution in [0.2, 0.25) is 5.02 Å². The summed E-state index contributed by atoms with van der Waals surface area (Å²) in [5, 5.41) is 0.548. The van der Waals surface area contributed by atoms with Gasteiger partial charge in [-0.25, -0.2) is 0 Å². The molecular weight excluding hydrogens is 356 g/mol. The van der Waals surface area contributed by atoms with Gasteiger partial charge in [0.15, 0.2) is 5.76 Å². The average molecular weight is 377 g/mol. The fourth-order valence-corrected chi connectivity index (χ4v) is 2.89. The number of likely N-dealkylation sites (N-methyl/N-ethyl adjacent to an activating group) is 1. The van der Waals surface area contributed by atoms with E-state index in [9.17, 15) is 4.79 Å². The summed E-state index contributed by atoms with van der Waals surface area (Å²) in [6.45, 7) is 1.40. The lowest BCUT2D eigenvalue weighted by Crippen LogP contribution is -2.27. The molecule has 0 bridgehead atoms. The van der Waals surface area contributed by atoms with Crippen LogP contribution in [0.15, 0.2) is 59.4 Å². The lowest BCUT2D eigenvalue weighted by molar-refractivity contribution is 0.0735. The van der Waals surface area contributed by atoms with Gasteiger partial charge >= 0.3 is 0 Å². The van der Waals surface area contributed by atoms with Crippen LogP contribution in [0, 0.1) is 0 Å². The maximum Gasteiger partial charge on any atom is 0.255 e. The first-order valence-electron chi connectivity index (χ1n) is 8.25. The zero-order chi connectivity index (χ0) is 18.5. The van der Waals surface area contributed by atoms with Crippen molar-refractivity contribution >= 4 is 11.6 Å². The van der Waals surface area contributed by atoms with Crippen molar-refractivity contribution in [2.24, 2.45) is 0 Å². The van der Waals surface area contributed by atoms with Crippen molar-refractivity contribution < 1.29 is 14.2 Å². The lowest BCUT2D eigenvalue weighted by Gasteiger charge is -2.21. The number of benzene rings is 1. The van der Waals surface area contributed by atoms with Crippen molar-refractivity contribution in [3.63, 3.8) is 0 Å². The summed E-state index contributed by atoms with van der Waals surface area (Å²) in [5.74, 6) is 1.06. The van der Waals surface area contributed by atoms with Crippen molar-refractivity contribution in [3.8, 4) is 5.75 Å². The molecule has 1 aliphatic heterocycles. The zero-order valence-electron chi connectivity index (χ0n) is 14.7. The third kappa shape index (κ3) is 4.20. The molecule has 0 N–H and O–H groups in total. The molecule has 0 radical (unpaired) electrons. The molecule has 1 aromatic carbocycles. The first kappa shape index (κ1) is 18.4. The average Bonchev–Trinajstić information content (AvgIpc) is 3.12. The second-order valence-electron chi connectivity index (χ2n) is 6.13. The Kier molecular flexibility index (Phi) is 5.85. The molecule has 1 aliphatic rings. The lowest BCUT2D eigenvalue weighted by atomic mass is 10.0. The van der Waals surface area contributed by atoms with Gasteiger partial charge in [-0.05, 0) is 26.2 Å². The summed E-state index contributed by atoms with van der Waals surface area (Å²) in [6.07, 6.45) is 3.20. The molecule has 0 spiro atoms.